The molecule has 3 aromatic rings. The molecule has 0 bridgehead atoms. The second-order valence-corrected chi connectivity index (χ2v) is 10.1. The summed E-state index contributed by atoms with van der Waals surface area (Å²) in [6.45, 7) is 2.70. The minimum absolute atomic E-state index is 0.0983. The highest BCUT2D eigenvalue weighted by molar-refractivity contribution is 7.89. The van der Waals surface area contributed by atoms with Gasteiger partial charge < -0.3 is 9.64 Å². The number of hydrogen-bond donors (Lipinski definition) is 0. The van der Waals surface area contributed by atoms with Gasteiger partial charge in [0.15, 0.2) is 5.65 Å². The fraction of sp³-hybridized carbons (Fsp3) is 0.409. The molecule has 0 radical (unpaired) electrons. The highest BCUT2D eigenvalue weighted by Crippen LogP contribution is 2.27. The van der Waals surface area contributed by atoms with Crippen LogP contribution in [0.4, 0.5) is 0 Å². The van der Waals surface area contributed by atoms with Crippen LogP contribution in [0.25, 0.3) is 5.65 Å². The van der Waals surface area contributed by atoms with Crippen molar-refractivity contribution in [3.05, 3.63) is 60.0 Å². The molecule has 168 valence electrons. The summed E-state index contributed by atoms with van der Waals surface area (Å²) in [4.78, 5) is 15.2. The molecule has 0 N–H and O–H groups in total. The molecule has 1 atom stereocenters. The number of hydrogen-bond acceptors (Lipinski definition) is 6. The summed E-state index contributed by atoms with van der Waals surface area (Å²) in [6, 6.07) is 12.0. The van der Waals surface area contributed by atoms with Crippen LogP contribution in [0, 0.1) is 0 Å². The van der Waals surface area contributed by atoms with Crippen molar-refractivity contribution in [1.29, 1.82) is 0 Å². The van der Waals surface area contributed by atoms with Gasteiger partial charge in [-0.2, -0.15) is 4.31 Å². The molecule has 0 aliphatic carbocycles. The zero-order chi connectivity index (χ0) is 22.1. The Morgan fingerprint density at radius 2 is 1.78 bits per heavy atom. The molecule has 9 nitrogen and oxygen atoms in total. The summed E-state index contributed by atoms with van der Waals surface area (Å²) in [6.07, 6.45) is 3.76. The number of piperidine rings is 1. The van der Waals surface area contributed by atoms with Crippen molar-refractivity contribution in [1.82, 2.24) is 23.8 Å². The zero-order valence-electron chi connectivity index (χ0n) is 17.6. The van der Waals surface area contributed by atoms with E-state index in [-0.39, 0.29) is 16.7 Å². The van der Waals surface area contributed by atoms with E-state index in [4.69, 9.17) is 4.74 Å². The molecule has 4 heterocycles. The number of benzene rings is 1. The Kier molecular flexibility index (Phi) is 5.66. The van der Waals surface area contributed by atoms with Crippen LogP contribution >= 0.6 is 0 Å². The van der Waals surface area contributed by atoms with Gasteiger partial charge in [0.1, 0.15) is 5.82 Å². The number of carbonyl (C=O) groups is 1. The lowest BCUT2D eigenvalue weighted by Gasteiger charge is -2.32. The Morgan fingerprint density at radius 3 is 2.56 bits per heavy atom. The van der Waals surface area contributed by atoms with Crippen LogP contribution in [0.5, 0.6) is 0 Å². The Bertz CT molecular complexity index is 1220. The molecule has 0 saturated carbocycles. The van der Waals surface area contributed by atoms with Crippen LogP contribution in [-0.2, 0) is 14.8 Å². The molecule has 2 fully saturated rings. The third-order valence-electron chi connectivity index (χ3n) is 6.12. The minimum atomic E-state index is -3.58. The van der Waals surface area contributed by atoms with E-state index in [0.29, 0.717) is 45.0 Å². The third-order valence-corrected chi connectivity index (χ3v) is 8.04. The highest BCUT2D eigenvalue weighted by Gasteiger charge is 2.30. The number of likely N-dealkylation sites (tertiary alicyclic amines) is 1. The standard InChI is InChI=1S/C22H25N5O4S/c28-22(17-6-8-19(9-7-17)32(29,30)26-12-14-31-15-13-26)25-10-3-4-18(16-25)21-24-23-20-5-1-2-11-27(20)21/h1-2,5-9,11,18H,3-4,10,12-16H2/t18-/m1/s1. The third kappa shape index (κ3) is 3.89. The molecule has 1 amide bonds. The smallest absolute Gasteiger partial charge is 0.253 e. The molecular formula is C22H25N5O4S. The lowest BCUT2D eigenvalue weighted by molar-refractivity contribution is 0.0704. The SMILES string of the molecule is O=C(c1ccc(S(=O)(=O)N2CCOCC2)cc1)N1CCC[C@@H](c2nnc3ccccn23)C1. The zero-order valence-corrected chi connectivity index (χ0v) is 18.4. The predicted octanol–water partition coefficient (Wildman–Crippen LogP) is 1.77. The second-order valence-electron chi connectivity index (χ2n) is 8.12. The van der Waals surface area contributed by atoms with Crippen molar-refractivity contribution < 1.29 is 17.9 Å². The van der Waals surface area contributed by atoms with Crippen molar-refractivity contribution in [2.75, 3.05) is 39.4 Å². The van der Waals surface area contributed by atoms with Gasteiger partial charge in [0.2, 0.25) is 10.0 Å². The first-order chi connectivity index (χ1) is 15.5. The number of ether oxygens (including phenoxy) is 1. The maximum absolute atomic E-state index is 13.1. The predicted molar refractivity (Wildman–Crippen MR) is 117 cm³/mol. The number of pyridine rings is 1. The molecule has 10 heteroatoms. The normalized spacial score (nSPS) is 20.5. The number of carbonyl (C=O) groups excluding carboxylic acids is 1. The molecule has 2 aromatic heterocycles. The van der Waals surface area contributed by atoms with Crippen molar-refractivity contribution in [2.45, 2.75) is 23.7 Å². The van der Waals surface area contributed by atoms with E-state index in [0.717, 1.165) is 24.3 Å². The fourth-order valence-corrected chi connectivity index (χ4v) is 5.81. The van der Waals surface area contributed by atoms with Crippen LogP contribution in [0.15, 0.2) is 53.6 Å². The minimum Gasteiger partial charge on any atom is -0.379 e. The first kappa shape index (κ1) is 21.0. The van der Waals surface area contributed by atoms with Crippen molar-refractivity contribution in [3.8, 4) is 0 Å². The summed E-state index contributed by atoms with van der Waals surface area (Å²) in [5, 5.41) is 8.60. The molecular weight excluding hydrogens is 430 g/mol. The summed E-state index contributed by atoms with van der Waals surface area (Å²) in [5.74, 6) is 0.870. The van der Waals surface area contributed by atoms with E-state index < -0.39 is 10.0 Å². The van der Waals surface area contributed by atoms with Gasteiger partial charge in [0.05, 0.1) is 18.1 Å². The molecule has 0 spiro atoms. The molecule has 1 aromatic carbocycles. The number of morpholine rings is 1. The van der Waals surface area contributed by atoms with Gasteiger partial charge in [-0.05, 0) is 49.2 Å². The van der Waals surface area contributed by atoms with E-state index in [2.05, 4.69) is 10.2 Å². The highest BCUT2D eigenvalue weighted by atomic mass is 32.2. The van der Waals surface area contributed by atoms with Gasteiger partial charge in [-0.25, -0.2) is 8.42 Å². The van der Waals surface area contributed by atoms with E-state index in [1.807, 2.05) is 33.7 Å². The summed E-state index contributed by atoms with van der Waals surface area (Å²) >= 11 is 0. The van der Waals surface area contributed by atoms with Gasteiger partial charge in [0, 0.05) is 43.9 Å². The van der Waals surface area contributed by atoms with E-state index >= 15 is 0 Å². The Balaban J connectivity index is 1.31. The molecule has 5 rings (SSSR count). The van der Waals surface area contributed by atoms with Crippen molar-refractivity contribution in [3.63, 3.8) is 0 Å². The van der Waals surface area contributed by atoms with Crippen molar-refractivity contribution in [2.24, 2.45) is 0 Å². The average molecular weight is 456 g/mol. The lowest BCUT2D eigenvalue weighted by atomic mass is 9.96. The molecule has 2 aliphatic heterocycles. The van der Waals surface area contributed by atoms with Crippen LogP contribution in [0.3, 0.4) is 0 Å². The second kappa shape index (κ2) is 8.61. The Hall–Kier alpha value is -2.82. The lowest BCUT2D eigenvalue weighted by Crippen LogP contribution is -2.40. The first-order valence-corrected chi connectivity index (χ1v) is 12.2. The van der Waals surface area contributed by atoms with E-state index in [9.17, 15) is 13.2 Å². The van der Waals surface area contributed by atoms with Gasteiger partial charge in [-0.1, -0.05) is 6.07 Å². The Morgan fingerprint density at radius 1 is 1.00 bits per heavy atom. The summed E-state index contributed by atoms with van der Waals surface area (Å²) < 4.78 is 34.3. The topological polar surface area (TPSA) is 97.1 Å². The number of amides is 1. The molecule has 32 heavy (non-hydrogen) atoms. The van der Waals surface area contributed by atoms with Gasteiger partial charge in [-0.3, -0.25) is 9.20 Å². The monoisotopic (exact) mass is 455 g/mol. The quantitative estimate of drug-likeness (QED) is 0.595. The van der Waals surface area contributed by atoms with Crippen LogP contribution < -0.4 is 0 Å². The van der Waals surface area contributed by atoms with Gasteiger partial charge in [-0.15, -0.1) is 10.2 Å². The average Bonchev–Trinajstić information content (AvgIpc) is 3.28. The molecule has 2 saturated heterocycles. The number of nitrogens with zero attached hydrogens (tertiary/aromatic N) is 5. The summed E-state index contributed by atoms with van der Waals surface area (Å²) in [7, 11) is -3.58. The van der Waals surface area contributed by atoms with E-state index in [1.54, 1.807) is 12.1 Å². The number of sulfonamides is 1. The van der Waals surface area contributed by atoms with E-state index in [1.165, 1.54) is 16.4 Å². The number of fused-ring (bicyclic) bond motifs is 1. The van der Waals surface area contributed by atoms with Crippen molar-refractivity contribution >= 4 is 21.6 Å². The van der Waals surface area contributed by atoms with Gasteiger partial charge >= 0.3 is 0 Å². The summed E-state index contributed by atoms with van der Waals surface area (Å²) in [5.41, 5.74) is 1.28. The molecule has 2 aliphatic rings. The largest absolute Gasteiger partial charge is 0.379 e. The van der Waals surface area contributed by atoms with Crippen LogP contribution in [0.1, 0.15) is 34.9 Å². The maximum atomic E-state index is 13.1. The first-order valence-electron chi connectivity index (χ1n) is 10.8. The molecule has 0 unspecified atom stereocenters. The number of aromatic nitrogens is 3. The fourth-order valence-electron chi connectivity index (χ4n) is 4.40. The van der Waals surface area contributed by atoms with Gasteiger partial charge in [0.25, 0.3) is 5.91 Å². The van der Waals surface area contributed by atoms with Crippen LogP contribution in [-0.4, -0.2) is 77.5 Å². The van der Waals surface area contributed by atoms with Crippen LogP contribution in [0.2, 0.25) is 0 Å². The maximum Gasteiger partial charge on any atom is 0.253 e. The Labute approximate surface area is 186 Å². The number of rotatable bonds is 4.